The van der Waals surface area contributed by atoms with Crippen LogP contribution in [0.4, 0.5) is 10.5 Å². The van der Waals surface area contributed by atoms with Crippen molar-refractivity contribution in [3.8, 4) is 10.6 Å². The highest BCUT2D eigenvalue weighted by Gasteiger charge is 2.07. The lowest BCUT2D eigenvalue weighted by atomic mass is 10.2. The van der Waals surface area contributed by atoms with E-state index in [1.165, 1.54) is 0 Å². The summed E-state index contributed by atoms with van der Waals surface area (Å²) >= 11 is 1.58. The summed E-state index contributed by atoms with van der Waals surface area (Å²) in [6.07, 6.45) is 0. The molecule has 22 heavy (non-hydrogen) atoms. The van der Waals surface area contributed by atoms with Crippen LogP contribution in [0.2, 0.25) is 0 Å². The number of urea groups is 1. The molecule has 0 aliphatic heterocycles. The largest absolute Gasteiger partial charge is 0.376 e. The number of rotatable bonds is 5. The van der Waals surface area contributed by atoms with Crippen LogP contribution >= 0.6 is 11.3 Å². The number of anilines is 1. The molecule has 0 bridgehead atoms. The highest BCUT2D eigenvalue weighted by Crippen LogP contribution is 2.25. The summed E-state index contributed by atoms with van der Waals surface area (Å²) in [5.41, 5.74) is 2.78. The maximum Gasteiger partial charge on any atom is 0.321 e. The van der Waals surface area contributed by atoms with Gasteiger partial charge in [-0.3, -0.25) is 10.1 Å². The van der Waals surface area contributed by atoms with Gasteiger partial charge < -0.3 is 10.6 Å². The van der Waals surface area contributed by atoms with Crippen LogP contribution in [0.25, 0.3) is 10.6 Å². The standard InChI is InChI=1S/C15H18N4O2S/c1-3-16-15(21)19-13(20)8-17-12-6-4-5-11(7-12)14-18-10(2)9-22-14/h4-7,9,17H,3,8H2,1-2H3,(H2,16,19,20,21). The second-order valence-electron chi connectivity index (χ2n) is 4.64. The van der Waals surface area contributed by atoms with E-state index in [4.69, 9.17) is 0 Å². The van der Waals surface area contributed by atoms with Gasteiger partial charge in [0.05, 0.1) is 6.54 Å². The number of benzene rings is 1. The van der Waals surface area contributed by atoms with Crippen LogP contribution in [0, 0.1) is 6.92 Å². The lowest BCUT2D eigenvalue weighted by Gasteiger charge is -2.08. The molecule has 0 aliphatic carbocycles. The minimum atomic E-state index is -0.485. The van der Waals surface area contributed by atoms with Gasteiger partial charge in [-0.05, 0) is 26.0 Å². The second kappa shape index (κ2) is 7.56. The molecular weight excluding hydrogens is 300 g/mol. The fourth-order valence-corrected chi connectivity index (χ4v) is 2.60. The lowest BCUT2D eigenvalue weighted by Crippen LogP contribution is -2.41. The average molecular weight is 318 g/mol. The maximum absolute atomic E-state index is 11.6. The van der Waals surface area contributed by atoms with Gasteiger partial charge in [0.2, 0.25) is 5.91 Å². The Bertz CT molecular complexity index is 669. The summed E-state index contributed by atoms with van der Waals surface area (Å²) in [4.78, 5) is 27.3. The molecule has 0 saturated heterocycles. The number of hydrogen-bond acceptors (Lipinski definition) is 5. The zero-order valence-electron chi connectivity index (χ0n) is 12.5. The minimum absolute atomic E-state index is 0.0253. The molecule has 7 heteroatoms. The summed E-state index contributed by atoms with van der Waals surface area (Å²) in [5.74, 6) is -0.388. The number of amides is 3. The van der Waals surface area contributed by atoms with Crippen LogP contribution < -0.4 is 16.0 Å². The van der Waals surface area contributed by atoms with E-state index in [0.717, 1.165) is 22.0 Å². The van der Waals surface area contributed by atoms with Crippen molar-refractivity contribution in [3.63, 3.8) is 0 Å². The van der Waals surface area contributed by atoms with Gasteiger partial charge in [0, 0.05) is 28.9 Å². The van der Waals surface area contributed by atoms with Crippen molar-refractivity contribution in [2.75, 3.05) is 18.4 Å². The minimum Gasteiger partial charge on any atom is -0.376 e. The Hall–Kier alpha value is -2.41. The molecule has 2 rings (SSSR count). The third kappa shape index (κ3) is 4.56. The molecule has 3 amide bonds. The number of nitrogens with one attached hydrogen (secondary N) is 3. The van der Waals surface area contributed by atoms with E-state index in [2.05, 4.69) is 20.9 Å². The first kappa shape index (κ1) is 16.0. The predicted molar refractivity (Wildman–Crippen MR) is 88.0 cm³/mol. The van der Waals surface area contributed by atoms with E-state index in [0.29, 0.717) is 6.54 Å². The van der Waals surface area contributed by atoms with Crippen molar-refractivity contribution < 1.29 is 9.59 Å². The Balaban J connectivity index is 1.93. The fraction of sp³-hybridized carbons (Fsp3) is 0.267. The molecule has 2 aromatic rings. The monoisotopic (exact) mass is 318 g/mol. The van der Waals surface area contributed by atoms with E-state index in [9.17, 15) is 9.59 Å². The summed E-state index contributed by atoms with van der Waals surface area (Å²) in [5, 5.41) is 10.7. The Morgan fingerprint density at radius 3 is 2.82 bits per heavy atom. The second-order valence-corrected chi connectivity index (χ2v) is 5.49. The van der Waals surface area contributed by atoms with Crippen LogP contribution in [-0.4, -0.2) is 30.0 Å². The molecule has 6 nitrogen and oxygen atoms in total. The zero-order chi connectivity index (χ0) is 15.9. The molecule has 0 atom stereocenters. The summed E-state index contributed by atoms with van der Waals surface area (Å²) in [7, 11) is 0. The Morgan fingerprint density at radius 2 is 2.14 bits per heavy atom. The Labute approximate surface area is 133 Å². The molecule has 1 aromatic heterocycles. The number of hydrogen-bond donors (Lipinski definition) is 3. The average Bonchev–Trinajstić information content (AvgIpc) is 2.92. The summed E-state index contributed by atoms with van der Waals surface area (Å²) in [6.45, 7) is 4.24. The van der Waals surface area contributed by atoms with Crippen molar-refractivity contribution in [2.45, 2.75) is 13.8 Å². The van der Waals surface area contributed by atoms with Crippen molar-refractivity contribution >= 4 is 29.0 Å². The van der Waals surface area contributed by atoms with E-state index in [-0.39, 0.29) is 12.5 Å². The van der Waals surface area contributed by atoms with Gasteiger partial charge in [-0.1, -0.05) is 12.1 Å². The smallest absolute Gasteiger partial charge is 0.321 e. The predicted octanol–water partition coefficient (Wildman–Crippen LogP) is 2.38. The highest BCUT2D eigenvalue weighted by molar-refractivity contribution is 7.13. The van der Waals surface area contributed by atoms with Crippen LogP contribution in [0.15, 0.2) is 29.6 Å². The molecular formula is C15H18N4O2S. The van der Waals surface area contributed by atoms with Gasteiger partial charge in [0.1, 0.15) is 5.01 Å². The molecule has 1 aromatic carbocycles. The van der Waals surface area contributed by atoms with E-state index in [1.54, 1.807) is 18.3 Å². The normalized spacial score (nSPS) is 10.1. The molecule has 1 heterocycles. The molecule has 3 N–H and O–H groups in total. The first-order chi connectivity index (χ1) is 10.6. The van der Waals surface area contributed by atoms with Gasteiger partial charge >= 0.3 is 6.03 Å². The molecule has 0 fully saturated rings. The molecule has 0 aliphatic rings. The lowest BCUT2D eigenvalue weighted by molar-refractivity contribution is -0.118. The number of thiazole rings is 1. The molecule has 116 valence electrons. The number of nitrogens with zero attached hydrogens (tertiary/aromatic N) is 1. The van der Waals surface area contributed by atoms with E-state index in [1.807, 2.05) is 36.6 Å². The Kier molecular flexibility index (Phi) is 5.48. The third-order valence-electron chi connectivity index (χ3n) is 2.77. The first-order valence-electron chi connectivity index (χ1n) is 6.92. The summed E-state index contributed by atoms with van der Waals surface area (Å²) in [6, 6.07) is 7.18. The van der Waals surface area contributed by atoms with Gasteiger partial charge in [-0.25, -0.2) is 9.78 Å². The number of aryl methyl sites for hydroxylation is 1. The van der Waals surface area contributed by atoms with Crippen LogP contribution in [-0.2, 0) is 4.79 Å². The van der Waals surface area contributed by atoms with Gasteiger partial charge in [0.25, 0.3) is 0 Å². The van der Waals surface area contributed by atoms with E-state index < -0.39 is 6.03 Å². The number of aromatic nitrogens is 1. The first-order valence-corrected chi connectivity index (χ1v) is 7.80. The maximum atomic E-state index is 11.6. The summed E-state index contributed by atoms with van der Waals surface area (Å²) < 4.78 is 0. The van der Waals surface area contributed by atoms with Crippen molar-refractivity contribution in [1.82, 2.24) is 15.6 Å². The quantitative estimate of drug-likeness (QED) is 0.790. The van der Waals surface area contributed by atoms with Crippen molar-refractivity contribution in [2.24, 2.45) is 0 Å². The molecule has 0 saturated carbocycles. The SMILES string of the molecule is CCNC(=O)NC(=O)CNc1cccc(-c2nc(C)cs2)c1. The number of carbonyl (C=O) groups is 2. The van der Waals surface area contributed by atoms with Crippen LogP contribution in [0.3, 0.4) is 0 Å². The van der Waals surface area contributed by atoms with Crippen molar-refractivity contribution in [1.29, 1.82) is 0 Å². The topological polar surface area (TPSA) is 83.1 Å². The van der Waals surface area contributed by atoms with Gasteiger partial charge in [-0.15, -0.1) is 11.3 Å². The number of imide groups is 1. The molecule has 0 unspecified atom stereocenters. The molecule has 0 radical (unpaired) electrons. The number of carbonyl (C=O) groups excluding carboxylic acids is 2. The van der Waals surface area contributed by atoms with Gasteiger partial charge in [0.15, 0.2) is 0 Å². The third-order valence-corrected chi connectivity index (χ3v) is 3.78. The van der Waals surface area contributed by atoms with Crippen LogP contribution in [0.5, 0.6) is 0 Å². The zero-order valence-corrected chi connectivity index (χ0v) is 13.3. The van der Waals surface area contributed by atoms with Crippen LogP contribution in [0.1, 0.15) is 12.6 Å². The molecule has 0 spiro atoms. The van der Waals surface area contributed by atoms with Gasteiger partial charge in [-0.2, -0.15) is 0 Å². The Morgan fingerprint density at radius 1 is 1.32 bits per heavy atom. The van der Waals surface area contributed by atoms with Crippen molar-refractivity contribution in [3.05, 3.63) is 35.3 Å². The fourth-order valence-electron chi connectivity index (χ4n) is 1.81. The highest BCUT2D eigenvalue weighted by atomic mass is 32.1. The van der Waals surface area contributed by atoms with E-state index >= 15 is 0 Å².